The minimum absolute atomic E-state index is 0.0287. The van der Waals surface area contributed by atoms with Crippen molar-refractivity contribution in [3.05, 3.63) is 75.1 Å². The van der Waals surface area contributed by atoms with Gasteiger partial charge in [-0.3, -0.25) is 14.5 Å². The van der Waals surface area contributed by atoms with E-state index in [9.17, 15) is 9.59 Å². The third kappa shape index (κ3) is 5.77. The van der Waals surface area contributed by atoms with Gasteiger partial charge < -0.3 is 5.32 Å². The molecule has 2 aromatic rings. The van der Waals surface area contributed by atoms with Gasteiger partial charge in [0.25, 0.3) is 5.91 Å². The zero-order valence-electron chi connectivity index (χ0n) is 15.1. The molecule has 1 aliphatic rings. The smallest absolute Gasteiger partial charge is 0.266 e. The van der Waals surface area contributed by atoms with Gasteiger partial charge >= 0.3 is 0 Å². The number of hydrogen-bond acceptors (Lipinski definition) is 4. The first-order chi connectivity index (χ1) is 13.5. The van der Waals surface area contributed by atoms with Crippen LogP contribution >= 0.6 is 39.9 Å². The summed E-state index contributed by atoms with van der Waals surface area (Å²) in [4.78, 5) is 26.8. The second kappa shape index (κ2) is 10.0. The lowest BCUT2D eigenvalue weighted by Gasteiger charge is -2.14. The fourth-order valence-corrected chi connectivity index (χ4v) is 4.45. The summed E-state index contributed by atoms with van der Waals surface area (Å²) in [6, 6.07) is 17.5. The third-order valence-electron chi connectivity index (χ3n) is 4.14. The summed E-state index contributed by atoms with van der Waals surface area (Å²) < 4.78 is 1.49. The van der Waals surface area contributed by atoms with E-state index in [2.05, 4.69) is 21.2 Å². The third-order valence-corrected chi connectivity index (χ3v) is 6.01. The number of carbonyl (C=O) groups is 2. The highest BCUT2D eigenvalue weighted by Crippen LogP contribution is 2.33. The lowest BCUT2D eigenvalue weighted by molar-refractivity contribution is -0.124. The molecular weight excluding hydrogens is 456 g/mol. The monoisotopic (exact) mass is 474 g/mol. The van der Waals surface area contributed by atoms with Crippen LogP contribution in [0.4, 0.5) is 0 Å². The zero-order valence-corrected chi connectivity index (χ0v) is 18.3. The van der Waals surface area contributed by atoms with Crippen molar-refractivity contribution >= 4 is 62.1 Å². The molecule has 1 N–H and O–H groups in total. The summed E-state index contributed by atoms with van der Waals surface area (Å²) in [6.07, 6.45) is 2.77. The van der Waals surface area contributed by atoms with Gasteiger partial charge in [-0.05, 0) is 35.8 Å². The van der Waals surface area contributed by atoms with Gasteiger partial charge in [-0.1, -0.05) is 82.4 Å². The number of rotatable bonds is 7. The molecule has 28 heavy (non-hydrogen) atoms. The Bertz CT molecular complexity index is 916. The molecule has 7 heteroatoms. The van der Waals surface area contributed by atoms with Crippen molar-refractivity contribution in [2.24, 2.45) is 0 Å². The molecule has 3 rings (SSSR count). The van der Waals surface area contributed by atoms with Crippen molar-refractivity contribution in [1.29, 1.82) is 0 Å². The Balaban J connectivity index is 1.48. The van der Waals surface area contributed by atoms with Crippen molar-refractivity contribution in [3.8, 4) is 0 Å². The summed E-state index contributed by atoms with van der Waals surface area (Å²) in [5.74, 6) is -0.126. The first-order valence-electron chi connectivity index (χ1n) is 8.84. The van der Waals surface area contributed by atoms with Gasteiger partial charge in [0.1, 0.15) is 4.32 Å². The maximum absolute atomic E-state index is 12.6. The summed E-state index contributed by atoms with van der Waals surface area (Å²) in [5, 5.41) is 2.90. The first-order valence-corrected chi connectivity index (χ1v) is 10.9. The number of nitrogens with one attached hydrogen (secondary N) is 1. The van der Waals surface area contributed by atoms with Crippen LogP contribution < -0.4 is 5.32 Å². The van der Waals surface area contributed by atoms with Crippen molar-refractivity contribution in [3.63, 3.8) is 0 Å². The number of halogens is 1. The van der Waals surface area contributed by atoms with Gasteiger partial charge in [0, 0.05) is 24.0 Å². The molecule has 2 aromatic carbocycles. The summed E-state index contributed by atoms with van der Waals surface area (Å²) >= 11 is 10.1. The lowest BCUT2D eigenvalue weighted by Crippen LogP contribution is -2.30. The standard InChI is InChI=1S/C21H19BrN2O2S2/c22-17-9-4-8-16(12-17)13-18-20(26)24(21(27)28-18)11-5-10-19(25)23-14-15-6-2-1-3-7-15/h1-4,6-9,12-13H,5,10-11,14H2,(H,23,25)/b18-13-. The molecule has 1 saturated heterocycles. The maximum atomic E-state index is 12.6. The van der Waals surface area contributed by atoms with E-state index in [-0.39, 0.29) is 11.8 Å². The normalized spacial score (nSPS) is 15.3. The first kappa shape index (κ1) is 20.8. The van der Waals surface area contributed by atoms with Crippen LogP contribution in [0.25, 0.3) is 6.08 Å². The van der Waals surface area contributed by atoms with E-state index in [0.29, 0.717) is 35.2 Å². The van der Waals surface area contributed by atoms with Crippen molar-refractivity contribution in [2.75, 3.05) is 6.54 Å². The number of nitrogens with zero attached hydrogens (tertiary/aromatic N) is 1. The highest BCUT2D eigenvalue weighted by atomic mass is 79.9. The molecule has 1 fully saturated rings. The maximum Gasteiger partial charge on any atom is 0.266 e. The Labute approximate surface area is 182 Å². The molecule has 0 bridgehead atoms. The lowest BCUT2D eigenvalue weighted by atomic mass is 10.2. The number of hydrogen-bond donors (Lipinski definition) is 1. The summed E-state index contributed by atoms with van der Waals surface area (Å²) in [5.41, 5.74) is 2.00. The number of benzene rings is 2. The van der Waals surface area contributed by atoms with Gasteiger partial charge in [-0.2, -0.15) is 0 Å². The second-order valence-corrected chi connectivity index (χ2v) is 8.85. The highest BCUT2D eigenvalue weighted by Gasteiger charge is 2.31. The quantitative estimate of drug-likeness (QED) is 0.464. The topological polar surface area (TPSA) is 49.4 Å². The Morgan fingerprint density at radius 2 is 1.96 bits per heavy atom. The van der Waals surface area contributed by atoms with Gasteiger partial charge in [0.2, 0.25) is 5.91 Å². The van der Waals surface area contributed by atoms with Crippen LogP contribution in [0.3, 0.4) is 0 Å². The molecule has 0 saturated carbocycles. The molecule has 0 aromatic heterocycles. The Hall–Kier alpha value is -1.96. The van der Waals surface area contributed by atoms with Crippen molar-refractivity contribution in [1.82, 2.24) is 10.2 Å². The Kier molecular flexibility index (Phi) is 7.42. The van der Waals surface area contributed by atoms with E-state index < -0.39 is 0 Å². The predicted molar refractivity (Wildman–Crippen MR) is 122 cm³/mol. The van der Waals surface area contributed by atoms with E-state index in [1.54, 1.807) is 4.90 Å². The summed E-state index contributed by atoms with van der Waals surface area (Å²) in [6.45, 7) is 0.954. The number of thiocarbonyl (C=S) groups is 1. The Morgan fingerprint density at radius 1 is 1.18 bits per heavy atom. The van der Waals surface area contributed by atoms with E-state index in [1.165, 1.54) is 11.8 Å². The predicted octanol–water partition coefficient (Wildman–Crippen LogP) is 4.75. The SMILES string of the molecule is O=C(CCCN1C(=O)/C(=C/c2cccc(Br)c2)SC1=S)NCc1ccccc1. The molecule has 0 atom stereocenters. The average Bonchev–Trinajstić information content (AvgIpc) is 2.94. The van der Waals surface area contributed by atoms with Crippen LogP contribution in [0.1, 0.15) is 24.0 Å². The van der Waals surface area contributed by atoms with E-state index in [0.717, 1.165) is 15.6 Å². The number of carbonyl (C=O) groups excluding carboxylic acids is 2. The Morgan fingerprint density at radius 3 is 2.71 bits per heavy atom. The van der Waals surface area contributed by atoms with E-state index in [1.807, 2.05) is 60.7 Å². The van der Waals surface area contributed by atoms with Gasteiger partial charge in [-0.15, -0.1) is 0 Å². The van der Waals surface area contributed by atoms with E-state index >= 15 is 0 Å². The van der Waals surface area contributed by atoms with Crippen molar-refractivity contribution in [2.45, 2.75) is 19.4 Å². The minimum atomic E-state index is -0.0975. The minimum Gasteiger partial charge on any atom is -0.352 e. The summed E-state index contributed by atoms with van der Waals surface area (Å²) in [7, 11) is 0. The van der Waals surface area contributed by atoms with Gasteiger partial charge in [-0.25, -0.2) is 0 Å². The van der Waals surface area contributed by atoms with Crippen LogP contribution in [0.5, 0.6) is 0 Å². The molecule has 0 aliphatic carbocycles. The highest BCUT2D eigenvalue weighted by molar-refractivity contribution is 9.10. The second-order valence-electron chi connectivity index (χ2n) is 6.25. The molecule has 0 radical (unpaired) electrons. The van der Waals surface area contributed by atoms with Crippen LogP contribution in [0, 0.1) is 0 Å². The molecular formula is C21H19BrN2O2S2. The molecule has 0 unspecified atom stereocenters. The van der Waals surface area contributed by atoms with Crippen LogP contribution in [-0.4, -0.2) is 27.6 Å². The molecule has 2 amide bonds. The molecule has 0 spiro atoms. The van der Waals surface area contributed by atoms with Crippen LogP contribution in [-0.2, 0) is 16.1 Å². The molecule has 4 nitrogen and oxygen atoms in total. The fourth-order valence-electron chi connectivity index (χ4n) is 2.72. The van der Waals surface area contributed by atoms with Crippen LogP contribution in [0.15, 0.2) is 64.0 Å². The number of thioether (sulfide) groups is 1. The molecule has 1 aliphatic heterocycles. The zero-order chi connectivity index (χ0) is 19.9. The van der Waals surface area contributed by atoms with Crippen LogP contribution in [0.2, 0.25) is 0 Å². The fraction of sp³-hybridized carbons (Fsp3) is 0.190. The van der Waals surface area contributed by atoms with Crippen molar-refractivity contribution < 1.29 is 9.59 Å². The van der Waals surface area contributed by atoms with Gasteiger partial charge in [0.15, 0.2) is 0 Å². The molecule has 144 valence electrons. The van der Waals surface area contributed by atoms with Gasteiger partial charge in [0.05, 0.1) is 4.91 Å². The number of amides is 2. The molecule has 1 heterocycles. The average molecular weight is 475 g/mol. The van der Waals surface area contributed by atoms with E-state index in [4.69, 9.17) is 12.2 Å². The largest absolute Gasteiger partial charge is 0.352 e.